The van der Waals surface area contributed by atoms with Crippen LogP contribution >= 0.6 is 0 Å². The van der Waals surface area contributed by atoms with E-state index < -0.39 is 23.6 Å². The third kappa shape index (κ3) is 7.67. The number of nitrogens with one attached hydrogen (secondary N) is 2. The van der Waals surface area contributed by atoms with Gasteiger partial charge in [0.15, 0.2) is 11.5 Å². The van der Waals surface area contributed by atoms with E-state index in [4.69, 9.17) is 19.2 Å². The van der Waals surface area contributed by atoms with Gasteiger partial charge in [-0.3, -0.25) is 4.90 Å². The third-order valence-corrected chi connectivity index (χ3v) is 7.23. The standard InChI is InChI=1S/C32H32F4N4O4/c1-20-28(16-21-17-29(42-2)30(19-27(21)37-20)43-15-14-40-12-4-3-5-13-40)44-24-9-6-22(7-10-24)38-31(41)39-23-8-11-26(33)25(18-23)32(34,35)36/h6-11,16-19H,3-5,12-15H2,1-2H3,(H2,38,39,41). The lowest BCUT2D eigenvalue weighted by Crippen LogP contribution is -2.33. The van der Waals surface area contributed by atoms with Crippen molar-refractivity contribution in [3.63, 3.8) is 0 Å². The molecule has 3 aromatic carbocycles. The molecule has 232 valence electrons. The Labute approximate surface area is 251 Å². The number of methoxy groups -OCH3 is 1. The zero-order valence-electron chi connectivity index (χ0n) is 24.3. The van der Waals surface area contributed by atoms with E-state index in [1.165, 1.54) is 19.3 Å². The topological polar surface area (TPSA) is 85.0 Å². The summed E-state index contributed by atoms with van der Waals surface area (Å²) in [5.74, 6) is 0.792. The summed E-state index contributed by atoms with van der Waals surface area (Å²) in [6.07, 6.45) is -1.15. The number of aromatic nitrogens is 1. The second-order valence-corrected chi connectivity index (χ2v) is 10.4. The van der Waals surface area contributed by atoms with Crippen LogP contribution in [0.2, 0.25) is 0 Å². The molecule has 1 fully saturated rings. The van der Waals surface area contributed by atoms with Crippen molar-refractivity contribution in [1.82, 2.24) is 9.88 Å². The van der Waals surface area contributed by atoms with E-state index in [-0.39, 0.29) is 5.69 Å². The van der Waals surface area contributed by atoms with Crippen molar-refractivity contribution in [2.45, 2.75) is 32.4 Å². The zero-order chi connectivity index (χ0) is 31.3. The molecule has 2 heterocycles. The lowest BCUT2D eigenvalue weighted by Gasteiger charge is -2.26. The fourth-order valence-electron chi connectivity index (χ4n) is 4.95. The molecule has 0 aliphatic carbocycles. The van der Waals surface area contributed by atoms with Crippen LogP contribution in [0.1, 0.15) is 30.5 Å². The van der Waals surface area contributed by atoms with Gasteiger partial charge in [0, 0.05) is 29.4 Å². The first-order valence-electron chi connectivity index (χ1n) is 14.2. The predicted molar refractivity (Wildman–Crippen MR) is 159 cm³/mol. The van der Waals surface area contributed by atoms with Crippen LogP contribution < -0.4 is 24.8 Å². The molecule has 0 saturated carbocycles. The number of alkyl halides is 3. The minimum atomic E-state index is -4.89. The first-order chi connectivity index (χ1) is 21.1. The number of halogens is 4. The summed E-state index contributed by atoms with van der Waals surface area (Å²) < 4.78 is 70.1. The number of carbonyl (C=O) groups excluding carboxylic acids is 1. The van der Waals surface area contributed by atoms with Crippen molar-refractivity contribution in [1.29, 1.82) is 0 Å². The molecule has 1 aromatic heterocycles. The van der Waals surface area contributed by atoms with Gasteiger partial charge in [-0.25, -0.2) is 14.2 Å². The Morgan fingerprint density at radius 2 is 1.59 bits per heavy atom. The number of likely N-dealkylation sites (tertiary alicyclic amines) is 1. The highest BCUT2D eigenvalue weighted by Crippen LogP contribution is 2.36. The van der Waals surface area contributed by atoms with Crippen LogP contribution in [0.25, 0.3) is 10.9 Å². The zero-order valence-corrected chi connectivity index (χ0v) is 24.3. The quantitative estimate of drug-likeness (QED) is 0.186. The molecule has 12 heteroatoms. The number of anilines is 2. The Bertz CT molecular complexity index is 1620. The fourth-order valence-corrected chi connectivity index (χ4v) is 4.95. The number of benzene rings is 3. The average molecular weight is 613 g/mol. The van der Waals surface area contributed by atoms with Crippen LogP contribution in [0.3, 0.4) is 0 Å². The summed E-state index contributed by atoms with van der Waals surface area (Å²) in [6, 6.07) is 13.4. The van der Waals surface area contributed by atoms with E-state index in [1.54, 1.807) is 31.4 Å². The molecule has 8 nitrogen and oxygen atoms in total. The van der Waals surface area contributed by atoms with Gasteiger partial charge in [0.05, 0.1) is 23.9 Å². The number of pyridine rings is 1. The van der Waals surface area contributed by atoms with Crippen LogP contribution in [0.4, 0.5) is 33.7 Å². The van der Waals surface area contributed by atoms with Crippen LogP contribution in [0.15, 0.2) is 60.7 Å². The monoisotopic (exact) mass is 612 g/mol. The van der Waals surface area contributed by atoms with Crippen LogP contribution in [0.5, 0.6) is 23.0 Å². The number of ether oxygens (including phenoxy) is 3. The van der Waals surface area contributed by atoms with Crippen molar-refractivity contribution in [3.05, 3.63) is 77.7 Å². The molecule has 1 aliphatic heterocycles. The minimum Gasteiger partial charge on any atom is -0.493 e. The molecule has 0 atom stereocenters. The van der Waals surface area contributed by atoms with Crippen molar-refractivity contribution in [3.8, 4) is 23.0 Å². The first kappa shape index (κ1) is 30.9. The summed E-state index contributed by atoms with van der Waals surface area (Å²) in [6.45, 7) is 5.44. The van der Waals surface area contributed by atoms with E-state index in [9.17, 15) is 22.4 Å². The van der Waals surface area contributed by atoms with Gasteiger partial charge in [0.2, 0.25) is 0 Å². The lowest BCUT2D eigenvalue weighted by atomic mass is 10.1. The molecule has 1 aliphatic rings. The van der Waals surface area contributed by atoms with E-state index in [1.807, 2.05) is 25.1 Å². The Morgan fingerprint density at radius 3 is 2.30 bits per heavy atom. The number of piperidine rings is 1. The number of carbonyl (C=O) groups is 1. The average Bonchev–Trinajstić information content (AvgIpc) is 2.99. The summed E-state index contributed by atoms with van der Waals surface area (Å²) in [4.78, 5) is 19.4. The van der Waals surface area contributed by atoms with Gasteiger partial charge in [0.25, 0.3) is 0 Å². The first-order valence-corrected chi connectivity index (χ1v) is 14.2. The number of fused-ring (bicyclic) bond motifs is 1. The molecule has 0 unspecified atom stereocenters. The van der Waals surface area contributed by atoms with E-state index in [0.717, 1.165) is 36.6 Å². The highest BCUT2D eigenvalue weighted by molar-refractivity contribution is 5.99. The number of amides is 2. The SMILES string of the molecule is COc1cc2cc(Oc3ccc(NC(=O)Nc4ccc(F)c(C(F)(F)F)c4)cc3)c(C)nc2cc1OCCN1CCCCC1. The number of aryl methyl sites for hydroxylation is 1. The van der Waals surface area contributed by atoms with Gasteiger partial charge in [-0.15, -0.1) is 0 Å². The van der Waals surface area contributed by atoms with Crippen molar-refractivity contribution < 1.29 is 36.6 Å². The maximum Gasteiger partial charge on any atom is 0.419 e. The normalized spacial score (nSPS) is 13.9. The highest BCUT2D eigenvalue weighted by atomic mass is 19.4. The largest absolute Gasteiger partial charge is 0.493 e. The van der Waals surface area contributed by atoms with Crippen molar-refractivity contribution >= 4 is 28.3 Å². The molecule has 1 saturated heterocycles. The number of rotatable bonds is 9. The second kappa shape index (κ2) is 13.4. The van der Waals surface area contributed by atoms with Gasteiger partial charge in [-0.2, -0.15) is 13.2 Å². The molecule has 4 aromatic rings. The third-order valence-electron chi connectivity index (χ3n) is 7.23. The number of hydrogen-bond donors (Lipinski definition) is 2. The number of hydrogen-bond acceptors (Lipinski definition) is 6. The van der Waals surface area contributed by atoms with E-state index >= 15 is 0 Å². The molecule has 0 spiro atoms. The van der Waals surface area contributed by atoms with Gasteiger partial charge in [-0.05, 0) is 87.5 Å². The Kier molecular flexibility index (Phi) is 9.38. The van der Waals surface area contributed by atoms with Gasteiger partial charge in [-0.1, -0.05) is 6.42 Å². The molecular weight excluding hydrogens is 580 g/mol. The molecule has 44 heavy (non-hydrogen) atoms. The molecular formula is C32H32F4N4O4. The maximum absolute atomic E-state index is 13.5. The summed E-state index contributed by atoms with van der Waals surface area (Å²) in [5.41, 5.74) is 0.0755. The van der Waals surface area contributed by atoms with Gasteiger partial charge >= 0.3 is 12.2 Å². The van der Waals surface area contributed by atoms with Crippen LogP contribution in [-0.2, 0) is 6.18 Å². The number of urea groups is 1. The van der Waals surface area contributed by atoms with E-state index in [2.05, 4.69) is 15.5 Å². The smallest absolute Gasteiger partial charge is 0.419 e. The summed E-state index contributed by atoms with van der Waals surface area (Å²) in [5, 5.41) is 5.59. The van der Waals surface area contributed by atoms with E-state index in [0.29, 0.717) is 53.1 Å². The molecule has 0 bridgehead atoms. The van der Waals surface area contributed by atoms with Crippen LogP contribution in [0, 0.1) is 12.7 Å². The summed E-state index contributed by atoms with van der Waals surface area (Å²) in [7, 11) is 1.59. The predicted octanol–water partition coefficient (Wildman–Crippen LogP) is 8.01. The Balaban J connectivity index is 1.22. The summed E-state index contributed by atoms with van der Waals surface area (Å²) >= 11 is 0. The molecule has 5 rings (SSSR count). The maximum atomic E-state index is 13.5. The van der Waals surface area contributed by atoms with Crippen LogP contribution in [-0.4, -0.2) is 49.3 Å². The molecule has 0 radical (unpaired) electrons. The second-order valence-electron chi connectivity index (χ2n) is 10.4. The minimum absolute atomic E-state index is 0.205. The Morgan fingerprint density at radius 1 is 0.909 bits per heavy atom. The molecule has 2 N–H and O–H groups in total. The Hall–Kier alpha value is -4.58. The number of nitrogens with zero attached hydrogens (tertiary/aromatic N) is 2. The van der Waals surface area contributed by atoms with Gasteiger partial charge in [0.1, 0.15) is 23.9 Å². The lowest BCUT2D eigenvalue weighted by molar-refractivity contribution is -0.139. The highest BCUT2D eigenvalue weighted by Gasteiger charge is 2.34. The molecule has 2 amide bonds. The van der Waals surface area contributed by atoms with Crippen molar-refractivity contribution in [2.75, 3.05) is 44.0 Å². The fraction of sp³-hybridized carbons (Fsp3) is 0.312. The van der Waals surface area contributed by atoms with Gasteiger partial charge < -0.3 is 24.8 Å². The van der Waals surface area contributed by atoms with Crippen molar-refractivity contribution in [2.24, 2.45) is 0 Å².